The van der Waals surface area contributed by atoms with E-state index in [9.17, 15) is 29.4 Å². The third-order valence-corrected chi connectivity index (χ3v) is 5.44. The number of carboxylic acid groups (broad SMARTS) is 1. The van der Waals surface area contributed by atoms with E-state index in [0.29, 0.717) is 24.9 Å². The predicted octanol–water partition coefficient (Wildman–Crippen LogP) is -1.03. The van der Waals surface area contributed by atoms with Crippen LogP contribution in [0.2, 0.25) is 0 Å². The Morgan fingerprint density at radius 2 is 1.44 bits per heavy atom. The molecule has 1 aromatic carbocycles. The lowest BCUT2D eigenvalue weighted by molar-refractivity contribution is -0.142. The molecule has 0 bridgehead atoms. The first-order valence-electron chi connectivity index (χ1n) is 12.0. The van der Waals surface area contributed by atoms with Crippen LogP contribution in [0.25, 0.3) is 0 Å². The lowest BCUT2D eigenvalue weighted by Crippen LogP contribution is -2.57. The van der Waals surface area contributed by atoms with E-state index in [1.807, 2.05) is 13.8 Å². The van der Waals surface area contributed by atoms with Gasteiger partial charge in [-0.1, -0.05) is 26.0 Å². The maximum absolute atomic E-state index is 13.1. The number of hydrogen-bond acceptors (Lipinski definition) is 8. The van der Waals surface area contributed by atoms with Gasteiger partial charge in [-0.05, 0) is 55.8 Å². The predicted molar refractivity (Wildman–Crippen MR) is 133 cm³/mol. The molecule has 0 saturated heterocycles. The topological polar surface area (TPSA) is 217 Å². The number of carbonyl (C=O) groups excluding carboxylic acids is 3. The van der Waals surface area contributed by atoms with Crippen LogP contribution in [0.4, 0.5) is 0 Å². The average molecular weight is 510 g/mol. The van der Waals surface area contributed by atoms with Gasteiger partial charge in [0.1, 0.15) is 29.9 Å². The van der Waals surface area contributed by atoms with Crippen molar-refractivity contribution < 1.29 is 34.5 Å². The van der Waals surface area contributed by atoms with Crippen LogP contribution in [-0.2, 0) is 25.6 Å². The number of unbranched alkanes of at least 4 members (excludes halogenated alkanes) is 1. The Hall–Kier alpha value is -3.22. The second kappa shape index (κ2) is 15.7. The maximum Gasteiger partial charge on any atom is 0.326 e. The molecule has 0 fully saturated rings. The number of aliphatic carboxylic acids is 1. The van der Waals surface area contributed by atoms with Crippen LogP contribution in [0, 0.1) is 5.92 Å². The Labute approximate surface area is 210 Å². The Morgan fingerprint density at radius 1 is 0.889 bits per heavy atom. The molecule has 0 aromatic heterocycles. The Balaban J connectivity index is 3.01. The number of carbonyl (C=O) groups is 4. The van der Waals surface area contributed by atoms with Gasteiger partial charge in [-0.3, -0.25) is 14.4 Å². The number of nitrogens with one attached hydrogen (secondary N) is 3. The SMILES string of the molecule is CC(C)CC(NC(=O)C(N)CO)C(=O)NC(CCCCN)C(=O)NC(Cc1ccc(O)cc1)C(=O)O. The fourth-order valence-corrected chi connectivity index (χ4v) is 3.44. The Morgan fingerprint density at radius 3 is 1.97 bits per heavy atom. The largest absolute Gasteiger partial charge is 0.508 e. The van der Waals surface area contributed by atoms with E-state index in [1.165, 1.54) is 12.1 Å². The van der Waals surface area contributed by atoms with Gasteiger partial charge in [0.2, 0.25) is 17.7 Å². The van der Waals surface area contributed by atoms with Crippen molar-refractivity contribution in [1.29, 1.82) is 0 Å². The third kappa shape index (κ3) is 11.0. The molecule has 10 N–H and O–H groups in total. The van der Waals surface area contributed by atoms with Gasteiger partial charge in [-0.2, -0.15) is 0 Å². The molecule has 0 heterocycles. The van der Waals surface area contributed by atoms with Crippen molar-refractivity contribution in [3.8, 4) is 5.75 Å². The van der Waals surface area contributed by atoms with E-state index in [-0.39, 0.29) is 30.9 Å². The lowest BCUT2D eigenvalue weighted by Gasteiger charge is -2.26. The minimum Gasteiger partial charge on any atom is -0.508 e. The first-order valence-corrected chi connectivity index (χ1v) is 12.0. The summed E-state index contributed by atoms with van der Waals surface area (Å²) in [6.07, 6.45) is 1.52. The molecular weight excluding hydrogens is 470 g/mol. The van der Waals surface area contributed by atoms with Gasteiger partial charge < -0.3 is 42.7 Å². The summed E-state index contributed by atoms with van der Waals surface area (Å²) < 4.78 is 0. The third-order valence-electron chi connectivity index (χ3n) is 5.44. The molecular formula is C24H39N5O7. The Kier molecular flexibility index (Phi) is 13.4. The van der Waals surface area contributed by atoms with E-state index >= 15 is 0 Å². The number of aliphatic hydroxyl groups excluding tert-OH is 1. The highest BCUT2D eigenvalue weighted by atomic mass is 16.4. The number of aliphatic hydroxyl groups is 1. The summed E-state index contributed by atoms with van der Waals surface area (Å²) >= 11 is 0. The van der Waals surface area contributed by atoms with Crippen molar-refractivity contribution in [3.63, 3.8) is 0 Å². The summed E-state index contributed by atoms with van der Waals surface area (Å²) in [5.74, 6) is -3.24. The molecule has 0 spiro atoms. The van der Waals surface area contributed by atoms with E-state index < -0.39 is 54.5 Å². The first-order chi connectivity index (χ1) is 17.0. The van der Waals surface area contributed by atoms with E-state index in [4.69, 9.17) is 16.6 Å². The summed E-state index contributed by atoms with van der Waals surface area (Å²) in [6.45, 7) is 3.49. The molecule has 3 amide bonds. The van der Waals surface area contributed by atoms with Gasteiger partial charge in [0, 0.05) is 6.42 Å². The van der Waals surface area contributed by atoms with Crippen molar-refractivity contribution in [1.82, 2.24) is 16.0 Å². The number of aromatic hydroxyl groups is 1. The number of benzene rings is 1. The number of hydrogen-bond donors (Lipinski definition) is 8. The molecule has 0 aliphatic heterocycles. The van der Waals surface area contributed by atoms with Crippen molar-refractivity contribution in [2.75, 3.05) is 13.2 Å². The van der Waals surface area contributed by atoms with Gasteiger partial charge in [0.15, 0.2) is 0 Å². The first kappa shape index (κ1) is 30.8. The summed E-state index contributed by atoms with van der Waals surface area (Å²) in [5, 5.41) is 35.8. The molecule has 0 saturated carbocycles. The molecule has 12 nitrogen and oxygen atoms in total. The monoisotopic (exact) mass is 509 g/mol. The van der Waals surface area contributed by atoms with Crippen LogP contribution >= 0.6 is 0 Å². The number of carboxylic acids is 1. The summed E-state index contributed by atoms with van der Waals surface area (Å²) in [5.41, 5.74) is 11.7. The quantitative estimate of drug-likeness (QED) is 0.128. The standard InChI is InChI=1S/C24H39N5O7/c1-14(2)11-19(28-21(32)17(26)13-30)23(34)27-18(5-3-4-10-25)22(33)29-20(24(35)36)12-15-6-8-16(31)9-7-15/h6-9,14,17-20,30-31H,3-5,10-13,25-26H2,1-2H3,(H,27,34)(H,28,32)(H,29,33)(H,35,36). The van der Waals surface area contributed by atoms with E-state index in [2.05, 4.69) is 16.0 Å². The van der Waals surface area contributed by atoms with Gasteiger partial charge >= 0.3 is 5.97 Å². The highest BCUT2D eigenvalue weighted by Gasteiger charge is 2.30. The zero-order valence-electron chi connectivity index (χ0n) is 20.8. The highest BCUT2D eigenvalue weighted by molar-refractivity contribution is 5.94. The molecule has 4 unspecified atom stereocenters. The van der Waals surface area contributed by atoms with Gasteiger partial charge in [0.25, 0.3) is 0 Å². The van der Waals surface area contributed by atoms with E-state index in [1.54, 1.807) is 12.1 Å². The number of phenols is 1. The second-order valence-electron chi connectivity index (χ2n) is 9.10. The molecule has 4 atom stereocenters. The molecule has 202 valence electrons. The summed E-state index contributed by atoms with van der Waals surface area (Å²) in [7, 11) is 0. The van der Waals surface area contributed by atoms with Gasteiger partial charge in [0.05, 0.1) is 6.61 Å². The van der Waals surface area contributed by atoms with Crippen LogP contribution in [-0.4, -0.2) is 76.3 Å². The van der Waals surface area contributed by atoms with Crippen LogP contribution in [0.1, 0.15) is 45.1 Å². The molecule has 12 heteroatoms. The van der Waals surface area contributed by atoms with Gasteiger partial charge in [-0.15, -0.1) is 0 Å². The lowest BCUT2D eigenvalue weighted by atomic mass is 10.0. The van der Waals surface area contributed by atoms with Crippen LogP contribution in [0.3, 0.4) is 0 Å². The smallest absolute Gasteiger partial charge is 0.326 e. The zero-order valence-corrected chi connectivity index (χ0v) is 20.8. The van der Waals surface area contributed by atoms with Crippen LogP contribution < -0.4 is 27.4 Å². The number of phenolic OH excluding ortho intramolecular Hbond substituents is 1. The van der Waals surface area contributed by atoms with Gasteiger partial charge in [-0.25, -0.2) is 4.79 Å². The molecule has 0 aliphatic rings. The van der Waals surface area contributed by atoms with Crippen molar-refractivity contribution >= 4 is 23.7 Å². The maximum atomic E-state index is 13.1. The molecule has 0 radical (unpaired) electrons. The summed E-state index contributed by atoms with van der Waals surface area (Å²) in [6, 6.07) is 1.38. The fraction of sp³-hybridized carbons (Fsp3) is 0.583. The van der Waals surface area contributed by atoms with Crippen LogP contribution in [0.15, 0.2) is 24.3 Å². The fourth-order valence-electron chi connectivity index (χ4n) is 3.44. The molecule has 0 aliphatic carbocycles. The Bertz CT molecular complexity index is 863. The van der Waals surface area contributed by atoms with Crippen molar-refractivity contribution in [3.05, 3.63) is 29.8 Å². The van der Waals surface area contributed by atoms with E-state index in [0.717, 1.165) is 0 Å². The highest BCUT2D eigenvalue weighted by Crippen LogP contribution is 2.12. The summed E-state index contributed by atoms with van der Waals surface area (Å²) in [4.78, 5) is 50.1. The zero-order chi connectivity index (χ0) is 27.3. The molecule has 1 rings (SSSR count). The minimum absolute atomic E-state index is 0.0117. The average Bonchev–Trinajstić information content (AvgIpc) is 2.82. The molecule has 1 aromatic rings. The second-order valence-corrected chi connectivity index (χ2v) is 9.10. The van der Waals surface area contributed by atoms with Crippen molar-refractivity contribution in [2.45, 2.75) is 70.1 Å². The molecule has 36 heavy (non-hydrogen) atoms. The number of rotatable bonds is 16. The normalized spacial score (nSPS) is 14.4. The minimum atomic E-state index is -1.27. The number of nitrogens with two attached hydrogens (primary N) is 2. The van der Waals surface area contributed by atoms with Crippen LogP contribution in [0.5, 0.6) is 5.75 Å². The van der Waals surface area contributed by atoms with Crippen molar-refractivity contribution in [2.24, 2.45) is 17.4 Å². The number of amides is 3.